The summed E-state index contributed by atoms with van der Waals surface area (Å²) in [4.78, 5) is 11.7. The van der Waals surface area contributed by atoms with E-state index in [4.69, 9.17) is 4.42 Å². The van der Waals surface area contributed by atoms with E-state index in [1.807, 2.05) is 12.1 Å². The van der Waals surface area contributed by atoms with Crippen LogP contribution in [0.4, 0.5) is 0 Å². The SMILES string of the molecule is CCCCCCCCCCCCCCCCCCNC(=O)C=Cc1ccco1. The molecular formula is C25H43NO2. The van der Waals surface area contributed by atoms with Gasteiger partial charge < -0.3 is 9.73 Å². The van der Waals surface area contributed by atoms with Crippen LogP contribution in [0, 0.1) is 0 Å². The molecule has 160 valence electrons. The Labute approximate surface area is 173 Å². The van der Waals surface area contributed by atoms with Crippen molar-refractivity contribution in [2.45, 2.75) is 110 Å². The van der Waals surface area contributed by atoms with E-state index in [0.717, 1.165) is 13.0 Å². The molecule has 0 aliphatic carbocycles. The topological polar surface area (TPSA) is 42.2 Å². The van der Waals surface area contributed by atoms with Gasteiger partial charge in [-0.1, -0.05) is 103 Å². The van der Waals surface area contributed by atoms with Crippen molar-refractivity contribution in [1.82, 2.24) is 5.32 Å². The Balaban J connectivity index is 1.74. The molecule has 0 bridgehead atoms. The van der Waals surface area contributed by atoms with Crippen molar-refractivity contribution >= 4 is 12.0 Å². The lowest BCUT2D eigenvalue weighted by atomic mass is 10.0. The average molecular weight is 390 g/mol. The predicted octanol–water partition coefficient (Wildman–Crippen LogP) is 7.67. The minimum absolute atomic E-state index is 0.0441. The number of carbonyl (C=O) groups excluding carboxylic acids is 1. The highest BCUT2D eigenvalue weighted by molar-refractivity contribution is 5.91. The van der Waals surface area contributed by atoms with E-state index in [0.29, 0.717) is 5.76 Å². The van der Waals surface area contributed by atoms with Crippen LogP contribution in [0.5, 0.6) is 0 Å². The standard InChI is InChI=1S/C25H43NO2/c1-2-3-4-5-6-7-8-9-10-11-12-13-14-15-16-17-22-26-25(27)21-20-24-19-18-23-28-24/h18-21,23H,2-17,22H2,1H3,(H,26,27). The smallest absolute Gasteiger partial charge is 0.244 e. The minimum Gasteiger partial charge on any atom is -0.465 e. The van der Waals surface area contributed by atoms with Gasteiger partial charge in [0.15, 0.2) is 0 Å². The number of carbonyl (C=O) groups is 1. The van der Waals surface area contributed by atoms with E-state index in [-0.39, 0.29) is 5.91 Å². The number of rotatable bonds is 19. The molecule has 1 N–H and O–H groups in total. The molecule has 0 atom stereocenters. The first-order valence-electron chi connectivity index (χ1n) is 11.8. The molecule has 0 spiro atoms. The molecule has 1 amide bonds. The highest BCUT2D eigenvalue weighted by Crippen LogP contribution is 2.13. The van der Waals surface area contributed by atoms with Gasteiger partial charge in [0.1, 0.15) is 5.76 Å². The second-order valence-electron chi connectivity index (χ2n) is 7.94. The summed E-state index contributed by atoms with van der Waals surface area (Å²) in [5, 5.41) is 2.93. The van der Waals surface area contributed by atoms with Crippen molar-refractivity contribution in [2.75, 3.05) is 6.54 Å². The number of unbranched alkanes of at least 4 members (excludes halogenated alkanes) is 15. The first-order valence-corrected chi connectivity index (χ1v) is 11.8. The van der Waals surface area contributed by atoms with Crippen LogP contribution in [0.1, 0.15) is 115 Å². The first-order chi connectivity index (χ1) is 13.8. The van der Waals surface area contributed by atoms with Crippen LogP contribution in [0.25, 0.3) is 6.08 Å². The van der Waals surface area contributed by atoms with Crippen LogP contribution in [0.2, 0.25) is 0 Å². The number of furan rings is 1. The molecule has 0 saturated carbocycles. The van der Waals surface area contributed by atoms with Crippen LogP contribution in [-0.4, -0.2) is 12.5 Å². The highest BCUT2D eigenvalue weighted by Gasteiger charge is 1.97. The fourth-order valence-corrected chi connectivity index (χ4v) is 3.49. The Bertz CT molecular complexity index is 479. The quantitative estimate of drug-likeness (QED) is 0.195. The summed E-state index contributed by atoms with van der Waals surface area (Å²) < 4.78 is 5.16. The maximum Gasteiger partial charge on any atom is 0.244 e. The summed E-state index contributed by atoms with van der Waals surface area (Å²) >= 11 is 0. The van der Waals surface area contributed by atoms with Crippen LogP contribution in [-0.2, 0) is 4.79 Å². The number of nitrogens with one attached hydrogen (secondary N) is 1. The Morgan fingerprint density at radius 2 is 1.32 bits per heavy atom. The average Bonchev–Trinajstić information content (AvgIpc) is 3.22. The third-order valence-corrected chi connectivity index (χ3v) is 5.27. The molecule has 1 aromatic heterocycles. The molecule has 0 aromatic carbocycles. The van der Waals surface area contributed by atoms with Gasteiger partial charge in [-0.3, -0.25) is 4.79 Å². The van der Waals surface area contributed by atoms with Crippen LogP contribution in [0.3, 0.4) is 0 Å². The molecule has 0 unspecified atom stereocenters. The molecule has 0 saturated heterocycles. The number of hydrogen-bond donors (Lipinski definition) is 1. The fourth-order valence-electron chi connectivity index (χ4n) is 3.49. The Morgan fingerprint density at radius 1 is 0.821 bits per heavy atom. The maximum absolute atomic E-state index is 11.7. The Morgan fingerprint density at radius 3 is 1.79 bits per heavy atom. The molecule has 0 aliphatic heterocycles. The summed E-state index contributed by atoms with van der Waals surface area (Å²) in [7, 11) is 0. The third kappa shape index (κ3) is 15.5. The second kappa shape index (κ2) is 18.8. The van der Waals surface area contributed by atoms with Gasteiger partial charge in [0, 0.05) is 12.6 Å². The predicted molar refractivity (Wildman–Crippen MR) is 120 cm³/mol. The highest BCUT2D eigenvalue weighted by atomic mass is 16.3. The molecule has 3 nitrogen and oxygen atoms in total. The van der Waals surface area contributed by atoms with E-state index in [2.05, 4.69) is 12.2 Å². The van der Waals surface area contributed by atoms with Crippen LogP contribution < -0.4 is 5.32 Å². The third-order valence-electron chi connectivity index (χ3n) is 5.27. The Kier molecular flexibility index (Phi) is 16.5. The zero-order valence-electron chi connectivity index (χ0n) is 18.2. The van der Waals surface area contributed by atoms with Crippen molar-refractivity contribution in [3.05, 3.63) is 30.2 Å². The summed E-state index contributed by atoms with van der Waals surface area (Å²) in [5.74, 6) is 0.662. The summed E-state index contributed by atoms with van der Waals surface area (Å²) in [6.45, 7) is 3.05. The van der Waals surface area contributed by atoms with Gasteiger partial charge >= 0.3 is 0 Å². The van der Waals surface area contributed by atoms with Gasteiger partial charge in [-0.2, -0.15) is 0 Å². The lowest BCUT2D eigenvalue weighted by Crippen LogP contribution is -2.21. The zero-order chi connectivity index (χ0) is 20.1. The van der Waals surface area contributed by atoms with Crippen LogP contribution in [0.15, 0.2) is 28.9 Å². The summed E-state index contributed by atoms with van der Waals surface area (Å²) in [5.41, 5.74) is 0. The molecule has 0 fully saturated rings. The Hall–Kier alpha value is -1.51. The van der Waals surface area contributed by atoms with Gasteiger partial charge in [-0.25, -0.2) is 0 Å². The first kappa shape index (κ1) is 24.5. The monoisotopic (exact) mass is 389 g/mol. The normalized spacial score (nSPS) is 11.3. The molecule has 3 heteroatoms. The van der Waals surface area contributed by atoms with Crippen molar-refractivity contribution in [1.29, 1.82) is 0 Å². The summed E-state index contributed by atoms with van der Waals surface area (Å²) in [6.07, 6.45) is 26.7. The lowest BCUT2D eigenvalue weighted by Gasteiger charge is -2.04. The maximum atomic E-state index is 11.7. The molecule has 1 aromatic rings. The van der Waals surface area contributed by atoms with Crippen molar-refractivity contribution in [2.24, 2.45) is 0 Å². The van der Waals surface area contributed by atoms with Gasteiger partial charge in [0.25, 0.3) is 0 Å². The van der Waals surface area contributed by atoms with E-state index in [9.17, 15) is 4.79 Å². The van der Waals surface area contributed by atoms with Crippen molar-refractivity contribution in [3.8, 4) is 0 Å². The van der Waals surface area contributed by atoms with Gasteiger partial charge in [0.05, 0.1) is 6.26 Å². The van der Waals surface area contributed by atoms with E-state index >= 15 is 0 Å². The molecule has 28 heavy (non-hydrogen) atoms. The molecule has 0 radical (unpaired) electrons. The van der Waals surface area contributed by atoms with E-state index < -0.39 is 0 Å². The second-order valence-corrected chi connectivity index (χ2v) is 7.94. The summed E-state index contributed by atoms with van der Waals surface area (Å²) in [6, 6.07) is 3.65. The van der Waals surface area contributed by atoms with Gasteiger partial charge in [0.2, 0.25) is 5.91 Å². The number of hydrogen-bond acceptors (Lipinski definition) is 2. The van der Waals surface area contributed by atoms with Gasteiger partial charge in [-0.05, 0) is 24.6 Å². The van der Waals surface area contributed by atoms with Crippen LogP contribution >= 0.6 is 0 Å². The van der Waals surface area contributed by atoms with E-state index in [1.54, 1.807) is 12.3 Å². The van der Waals surface area contributed by atoms with E-state index in [1.165, 1.54) is 102 Å². The molecular weight excluding hydrogens is 346 g/mol. The largest absolute Gasteiger partial charge is 0.465 e. The minimum atomic E-state index is -0.0441. The lowest BCUT2D eigenvalue weighted by molar-refractivity contribution is -0.116. The molecule has 1 heterocycles. The van der Waals surface area contributed by atoms with Gasteiger partial charge in [-0.15, -0.1) is 0 Å². The number of amides is 1. The van der Waals surface area contributed by atoms with Crippen molar-refractivity contribution < 1.29 is 9.21 Å². The molecule has 1 rings (SSSR count). The van der Waals surface area contributed by atoms with Crippen molar-refractivity contribution in [3.63, 3.8) is 0 Å². The molecule has 0 aliphatic rings. The fraction of sp³-hybridized carbons (Fsp3) is 0.720. The zero-order valence-corrected chi connectivity index (χ0v) is 18.2.